The molecule has 1 aromatic rings. The molecular formula is C16H23ClFN3O2. The van der Waals surface area contributed by atoms with Crippen LogP contribution < -0.4 is 4.90 Å². The molecule has 5 nitrogen and oxygen atoms in total. The van der Waals surface area contributed by atoms with Gasteiger partial charge in [-0.05, 0) is 24.8 Å². The van der Waals surface area contributed by atoms with E-state index in [0.29, 0.717) is 18.9 Å². The van der Waals surface area contributed by atoms with Crippen molar-refractivity contribution in [2.45, 2.75) is 18.9 Å². The third kappa shape index (κ3) is 3.94. The summed E-state index contributed by atoms with van der Waals surface area (Å²) < 4.78 is 14.1. The zero-order chi connectivity index (χ0) is 16.4. The molecule has 2 atom stereocenters. The van der Waals surface area contributed by atoms with E-state index in [2.05, 4.69) is 9.88 Å². The normalized spacial score (nSPS) is 26.9. The zero-order valence-corrected chi connectivity index (χ0v) is 13.8. The Balaban J connectivity index is 1.65. The molecule has 23 heavy (non-hydrogen) atoms. The molecule has 2 N–H and O–H groups in total. The molecule has 2 aliphatic rings. The zero-order valence-electron chi connectivity index (χ0n) is 13.0. The molecule has 0 radical (unpaired) electrons. The van der Waals surface area contributed by atoms with Crippen LogP contribution in [0.4, 0.5) is 10.2 Å². The Morgan fingerprint density at radius 1 is 1.26 bits per heavy atom. The fourth-order valence-corrected chi connectivity index (χ4v) is 3.74. The number of nitrogens with zero attached hydrogens (tertiary/aromatic N) is 3. The van der Waals surface area contributed by atoms with Gasteiger partial charge in [0.05, 0.1) is 11.1 Å². The van der Waals surface area contributed by atoms with E-state index in [1.165, 1.54) is 12.3 Å². The largest absolute Gasteiger partial charge is 0.396 e. The fraction of sp³-hybridized carbons (Fsp3) is 0.688. The van der Waals surface area contributed by atoms with Gasteiger partial charge in [0, 0.05) is 51.4 Å². The Morgan fingerprint density at radius 2 is 1.96 bits per heavy atom. The lowest BCUT2D eigenvalue weighted by Gasteiger charge is -2.32. The minimum Gasteiger partial charge on any atom is -0.396 e. The molecule has 7 heteroatoms. The summed E-state index contributed by atoms with van der Waals surface area (Å²) >= 11 is 5.76. The van der Waals surface area contributed by atoms with Crippen molar-refractivity contribution in [1.82, 2.24) is 9.88 Å². The summed E-state index contributed by atoms with van der Waals surface area (Å²) in [6.07, 6.45) is 2.86. The van der Waals surface area contributed by atoms with Crippen LogP contribution in [0.5, 0.6) is 0 Å². The summed E-state index contributed by atoms with van der Waals surface area (Å²) in [6.45, 7) is 3.99. The molecule has 0 amide bonds. The number of hydrogen-bond donors (Lipinski definition) is 2. The highest BCUT2D eigenvalue weighted by Crippen LogP contribution is 2.30. The molecule has 2 saturated heterocycles. The number of aliphatic hydroxyl groups is 2. The highest BCUT2D eigenvalue weighted by molar-refractivity contribution is 6.30. The molecule has 3 rings (SSSR count). The average Bonchev–Trinajstić information content (AvgIpc) is 2.92. The van der Waals surface area contributed by atoms with Gasteiger partial charge in [-0.2, -0.15) is 0 Å². The molecule has 0 aliphatic carbocycles. The third-order valence-corrected chi connectivity index (χ3v) is 5.16. The first kappa shape index (κ1) is 16.9. The molecule has 0 spiro atoms. The average molecular weight is 344 g/mol. The molecule has 0 aromatic carbocycles. The quantitative estimate of drug-likeness (QED) is 0.865. The highest BCUT2D eigenvalue weighted by Gasteiger charge is 2.35. The number of aliphatic hydroxyl groups excluding tert-OH is 2. The van der Waals surface area contributed by atoms with Crippen LogP contribution >= 0.6 is 11.6 Å². The van der Waals surface area contributed by atoms with Crippen molar-refractivity contribution in [3.63, 3.8) is 0 Å². The smallest absolute Gasteiger partial charge is 0.167 e. The van der Waals surface area contributed by atoms with Crippen LogP contribution in [0.2, 0.25) is 5.02 Å². The predicted molar refractivity (Wildman–Crippen MR) is 87.2 cm³/mol. The lowest BCUT2D eigenvalue weighted by molar-refractivity contribution is 0.0687. The molecule has 128 valence electrons. The van der Waals surface area contributed by atoms with Gasteiger partial charge in [-0.15, -0.1) is 0 Å². The molecule has 2 fully saturated rings. The van der Waals surface area contributed by atoms with Crippen molar-refractivity contribution >= 4 is 17.4 Å². The lowest BCUT2D eigenvalue weighted by atomic mass is 9.95. The summed E-state index contributed by atoms with van der Waals surface area (Å²) in [4.78, 5) is 8.34. The van der Waals surface area contributed by atoms with Crippen LogP contribution in [0.15, 0.2) is 12.3 Å². The summed E-state index contributed by atoms with van der Waals surface area (Å²) in [7, 11) is 0. The maximum absolute atomic E-state index is 14.1. The second kappa shape index (κ2) is 7.30. The number of anilines is 1. The van der Waals surface area contributed by atoms with E-state index < -0.39 is 5.82 Å². The van der Waals surface area contributed by atoms with Gasteiger partial charge in [-0.1, -0.05) is 11.6 Å². The van der Waals surface area contributed by atoms with Crippen molar-refractivity contribution < 1.29 is 14.6 Å². The van der Waals surface area contributed by atoms with Gasteiger partial charge in [0.25, 0.3) is 0 Å². The molecule has 0 bridgehead atoms. The number of likely N-dealkylation sites (tertiary alicyclic amines) is 1. The first-order chi connectivity index (χ1) is 11.1. The topological polar surface area (TPSA) is 59.8 Å². The Bertz CT molecular complexity index is 540. The van der Waals surface area contributed by atoms with Gasteiger partial charge >= 0.3 is 0 Å². The number of hydrogen-bond acceptors (Lipinski definition) is 5. The van der Waals surface area contributed by atoms with Crippen molar-refractivity contribution in [2.24, 2.45) is 11.8 Å². The van der Waals surface area contributed by atoms with Gasteiger partial charge in [-0.25, -0.2) is 9.37 Å². The van der Waals surface area contributed by atoms with Gasteiger partial charge in [0.15, 0.2) is 11.6 Å². The molecule has 2 aliphatic heterocycles. The van der Waals surface area contributed by atoms with Crippen molar-refractivity contribution in [3.05, 3.63) is 23.1 Å². The standard InChI is InChI=1S/C16H23ClFN3O2/c17-13-5-15(18)16(19-6-13)21-8-11(12(9-21)10-22)7-20-3-1-14(23)2-4-20/h5-6,11-12,14,22-23H,1-4,7-10H2/t11-,12-/m1/s1. The van der Waals surface area contributed by atoms with E-state index in [9.17, 15) is 14.6 Å². The maximum Gasteiger partial charge on any atom is 0.167 e. The Kier molecular flexibility index (Phi) is 5.36. The van der Waals surface area contributed by atoms with Crippen LogP contribution in [-0.2, 0) is 0 Å². The van der Waals surface area contributed by atoms with Crippen LogP contribution in [0.25, 0.3) is 0 Å². The fourth-order valence-electron chi connectivity index (χ4n) is 3.60. The summed E-state index contributed by atoms with van der Waals surface area (Å²) in [5.74, 6) is 0.270. The Morgan fingerprint density at radius 3 is 2.61 bits per heavy atom. The number of halogens is 2. The monoisotopic (exact) mass is 343 g/mol. The second-order valence-corrected chi connectivity index (χ2v) is 7.03. The van der Waals surface area contributed by atoms with Crippen LogP contribution in [0.1, 0.15) is 12.8 Å². The maximum atomic E-state index is 14.1. The van der Waals surface area contributed by atoms with Crippen molar-refractivity contribution in [1.29, 1.82) is 0 Å². The van der Waals surface area contributed by atoms with E-state index in [0.717, 1.165) is 32.5 Å². The van der Waals surface area contributed by atoms with Crippen LogP contribution in [0, 0.1) is 17.7 Å². The Hall–Kier alpha value is -0.950. The van der Waals surface area contributed by atoms with Gasteiger partial charge in [0.2, 0.25) is 0 Å². The summed E-state index contributed by atoms with van der Waals surface area (Å²) in [5, 5.41) is 19.5. The van der Waals surface area contributed by atoms with E-state index in [1.54, 1.807) is 0 Å². The molecule has 3 heterocycles. The highest BCUT2D eigenvalue weighted by atomic mass is 35.5. The summed E-state index contributed by atoms with van der Waals surface area (Å²) in [6, 6.07) is 1.27. The van der Waals surface area contributed by atoms with Gasteiger partial charge in [0.1, 0.15) is 0 Å². The number of piperidine rings is 1. The molecule has 0 unspecified atom stereocenters. The van der Waals surface area contributed by atoms with Gasteiger partial charge < -0.3 is 20.0 Å². The molecule has 0 saturated carbocycles. The lowest BCUT2D eigenvalue weighted by Crippen LogP contribution is -2.40. The minimum atomic E-state index is -0.420. The number of aromatic nitrogens is 1. The van der Waals surface area contributed by atoms with E-state index in [4.69, 9.17) is 11.6 Å². The van der Waals surface area contributed by atoms with Crippen molar-refractivity contribution in [2.75, 3.05) is 44.2 Å². The first-order valence-electron chi connectivity index (χ1n) is 8.14. The third-order valence-electron chi connectivity index (χ3n) is 4.95. The van der Waals surface area contributed by atoms with Crippen molar-refractivity contribution in [3.8, 4) is 0 Å². The molecule has 1 aromatic heterocycles. The van der Waals surface area contributed by atoms with Crippen LogP contribution in [-0.4, -0.2) is 65.5 Å². The number of pyridine rings is 1. The van der Waals surface area contributed by atoms with E-state index in [-0.39, 0.29) is 29.6 Å². The van der Waals surface area contributed by atoms with E-state index in [1.807, 2.05) is 4.90 Å². The predicted octanol–water partition coefficient (Wildman–Crippen LogP) is 1.38. The Labute approximate surface area is 140 Å². The second-order valence-electron chi connectivity index (χ2n) is 6.60. The minimum absolute atomic E-state index is 0.0901. The molecular weight excluding hydrogens is 321 g/mol. The van der Waals surface area contributed by atoms with Gasteiger partial charge in [-0.3, -0.25) is 0 Å². The first-order valence-corrected chi connectivity index (χ1v) is 8.52. The van der Waals surface area contributed by atoms with Crippen LogP contribution in [0.3, 0.4) is 0 Å². The number of rotatable bonds is 4. The summed E-state index contributed by atoms with van der Waals surface area (Å²) in [5.41, 5.74) is 0. The van der Waals surface area contributed by atoms with E-state index >= 15 is 0 Å². The SMILES string of the molecule is OC[C@H]1CN(c2ncc(Cl)cc2F)C[C@H]1CN1CCC(O)CC1.